The standard InChI is InChI=1S/C14H21NO3/c1-7-18-14(17)12(11(4)16)8-9-13(10(2)3)15(5)6/h8-9H,2,7H2,1,3-6H3/b12-8-,13-9+. The minimum atomic E-state index is -0.596. The summed E-state index contributed by atoms with van der Waals surface area (Å²) in [5.74, 6) is -0.911. The van der Waals surface area contributed by atoms with Gasteiger partial charge in [-0.1, -0.05) is 6.58 Å². The Labute approximate surface area is 109 Å². The number of nitrogens with zero attached hydrogens (tertiary/aromatic N) is 1. The molecule has 0 aromatic carbocycles. The molecule has 0 saturated heterocycles. The molecule has 0 aliphatic carbocycles. The van der Waals surface area contributed by atoms with Gasteiger partial charge in [-0.15, -0.1) is 0 Å². The number of ether oxygens (including phenoxy) is 1. The molecule has 0 heterocycles. The van der Waals surface area contributed by atoms with E-state index in [-0.39, 0.29) is 18.0 Å². The number of Topliss-reactive ketones (excluding diaryl/α,β-unsaturated/α-hetero) is 1. The highest BCUT2D eigenvalue weighted by Gasteiger charge is 2.14. The molecule has 0 spiro atoms. The number of rotatable bonds is 6. The van der Waals surface area contributed by atoms with Gasteiger partial charge in [-0.05, 0) is 38.5 Å². The van der Waals surface area contributed by atoms with Gasteiger partial charge in [-0.2, -0.15) is 0 Å². The van der Waals surface area contributed by atoms with Gasteiger partial charge in [-0.25, -0.2) is 4.79 Å². The molecule has 0 radical (unpaired) electrons. The summed E-state index contributed by atoms with van der Waals surface area (Å²) >= 11 is 0. The maximum Gasteiger partial charge on any atom is 0.341 e. The molecule has 0 rings (SSSR count). The molecule has 18 heavy (non-hydrogen) atoms. The van der Waals surface area contributed by atoms with Crippen molar-refractivity contribution in [3.8, 4) is 0 Å². The molecule has 100 valence electrons. The zero-order valence-electron chi connectivity index (χ0n) is 11.7. The van der Waals surface area contributed by atoms with Crippen molar-refractivity contribution < 1.29 is 14.3 Å². The lowest BCUT2D eigenvalue weighted by Gasteiger charge is -2.16. The summed E-state index contributed by atoms with van der Waals surface area (Å²) in [7, 11) is 3.73. The van der Waals surface area contributed by atoms with Crippen molar-refractivity contribution in [1.82, 2.24) is 4.90 Å². The molecule has 4 nitrogen and oxygen atoms in total. The Morgan fingerprint density at radius 1 is 1.22 bits per heavy atom. The maximum atomic E-state index is 11.6. The van der Waals surface area contributed by atoms with Crippen LogP contribution in [0.5, 0.6) is 0 Å². The molecule has 0 atom stereocenters. The lowest BCUT2D eigenvalue weighted by atomic mass is 10.1. The average Bonchev–Trinajstić information content (AvgIpc) is 2.22. The molecule has 0 bridgehead atoms. The third-order valence-electron chi connectivity index (χ3n) is 2.20. The van der Waals surface area contributed by atoms with Gasteiger partial charge >= 0.3 is 5.97 Å². The Kier molecular flexibility index (Phi) is 6.71. The van der Waals surface area contributed by atoms with E-state index in [1.807, 2.05) is 25.9 Å². The lowest BCUT2D eigenvalue weighted by Crippen LogP contribution is -2.14. The molecular weight excluding hydrogens is 230 g/mol. The molecule has 0 aromatic rings. The van der Waals surface area contributed by atoms with Crippen LogP contribution in [0.1, 0.15) is 20.8 Å². The van der Waals surface area contributed by atoms with Gasteiger partial charge < -0.3 is 9.64 Å². The van der Waals surface area contributed by atoms with Gasteiger partial charge in [0.2, 0.25) is 0 Å². The van der Waals surface area contributed by atoms with Crippen LogP contribution in [0.25, 0.3) is 0 Å². The number of ketones is 1. The third kappa shape index (κ3) is 4.99. The number of hydrogen-bond donors (Lipinski definition) is 0. The first kappa shape index (κ1) is 16.2. The van der Waals surface area contributed by atoms with Crippen molar-refractivity contribution in [2.45, 2.75) is 20.8 Å². The molecule has 0 fully saturated rings. The monoisotopic (exact) mass is 251 g/mol. The largest absolute Gasteiger partial charge is 0.462 e. The van der Waals surface area contributed by atoms with Crippen molar-refractivity contribution >= 4 is 11.8 Å². The van der Waals surface area contributed by atoms with E-state index in [2.05, 4.69) is 6.58 Å². The average molecular weight is 251 g/mol. The van der Waals surface area contributed by atoms with Gasteiger partial charge in [0.05, 0.1) is 6.61 Å². The fraction of sp³-hybridized carbons (Fsp3) is 0.429. The Morgan fingerprint density at radius 3 is 2.11 bits per heavy atom. The molecule has 4 heteroatoms. The molecule has 0 unspecified atom stereocenters. The first-order valence-electron chi connectivity index (χ1n) is 5.74. The van der Waals surface area contributed by atoms with Crippen molar-refractivity contribution in [3.05, 3.63) is 35.6 Å². The minimum absolute atomic E-state index is 0.0393. The number of allylic oxidation sites excluding steroid dienone is 3. The topological polar surface area (TPSA) is 46.6 Å². The predicted octanol–water partition coefficient (Wildman–Crippen LogP) is 2.09. The van der Waals surface area contributed by atoms with E-state index in [1.165, 1.54) is 13.0 Å². The molecule has 0 amide bonds. The van der Waals surface area contributed by atoms with E-state index in [9.17, 15) is 9.59 Å². The number of esters is 1. The van der Waals surface area contributed by atoms with Crippen LogP contribution in [-0.4, -0.2) is 37.4 Å². The van der Waals surface area contributed by atoms with Crippen LogP contribution < -0.4 is 0 Å². The molecule has 0 N–H and O–H groups in total. The van der Waals surface area contributed by atoms with E-state index in [0.717, 1.165) is 11.3 Å². The van der Waals surface area contributed by atoms with Gasteiger partial charge in [0, 0.05) is 19.8 Å². The lowest BCUT2D eigenvalue weighted by molar-refractivity contribution is -0.139. The van der Waals surface area contributed by atoms with Crippen molar-refractivity contribution in [3.63, 3.8) is 0 Å². The maximum absolute atomic E-state index is 11.6. The quantitative estimate of drug-likeness (QED) is 0.238. The van der Waals surface area contributed by atoms with Crippen LogP contribution in [0.4, 0.5) is 0 Å². The summed E-state index contributed by atoms with van der Waals surface area (Å²) in [5.41, 5.74) is 1.73. The van der Waals surface area contributed by atoms with Gasteiger partial charge in [0.1, 0.15) is 5.57 Å². The molecule has 0 aliphatic heterocycles. The Bertz CT molecular complexity index is 403. The highest BCUT2D eigenvalue weighted by Crippen LogP contribution is 2.11. The van der Waals surface area contributed by atoms with E-state index in [0.29, 0.717) is 0 Å². The molecule has 0 saturated carbocycles. The van der Waals surface area contributed by atoms with Crippen LogP contribution in [0.15, 0.2) is 35.6 Å². The first-order valence-corrected chi connectivity index (χ1v) is 5.74. The molecule has 0 aliphatic rings. The van der Waals surface area contributed by atoms with Crippen molar-refractivity contribution in [1.29, 1.82) is 0 Å². The number of carbonyl (C=O) groups excluding carboxylic acids is 2. The van der Waals surface area contributed by atoms with Crippen LogP contribution in [0, 0.1) is 0 Å². The summed E-state index contributed by atoms with van der Waals surface area (Å²) < 4.78 is 4.83. The molecular formula is C14H21NO3. The summed E-state index contributed by atoms with van der Waals surface area (Å²) in [6, 6.07) is 0. The van der Waals surface area contributed by atoms with Crippen LogP contribution in [0.3, 0.4) is 0 Å². The zero-order chi connectivity index (χ0) is 14.3. The highest BCUT2D eigenvalue weighted by atomic mass is 16.5. The second kappa shape index (κ2) is 7.48. The van der Waals surface area contributed by atoms with E-state index in [1.54, 1.807) is 13.0 Å². The Morgan fingerprint density at radius 2 is 1.78 bits per heavy atom. The number of carbonyl (C=O) groups is 2. The van der Waals surface area contributed by atoms with Gasteiger partial charge in [0.15, 0.2) is 5.78 Å². The SMILES string of the molecule is C=C(C)/C(=C\C=C(\C(C)=O)C(=O)OCC)N(C)C. The first-order chi connectivity index (χ1) is 8.31. The van der Waals surface area contributed by atoms with Crippen LogP contribution in [-0.2, 0) is 14.3 Å². The summed E-state index contributed by atoms with van der Waals surface area (Å²) in [6.45, 7) is 8.98. The Balaban J connectivity index is 5.31. The highest BCUT2D eigenvalue weighted by molar-refractivity contribution is 6.16. The number of likely N-dealkylation sites (N-methyl/N-ethyl adjacent to an activating group) is 1. The van der Waals surface area contributed by atoms with Crippen molar-refractivity contribution in [2.75, 3.05) is 20.7 Å². The number of hydrogen-bond acceptors (Lipinski definition) is 4. The fourth-order valence-corrected chi connectivity index (χ4v) is 1.37. The summed E-state index contributed by atoms with van der Waals surface area (Å²) in [5, 5.41) is 0. The van der Waals surface area contributed by atoms with E-state index in [4.69, 9.17) is 4.74 Å². The normalized spacial score (nSPS) is 12.1. The molecule has 0 aromatic heterocycles. The third-order valence-corrected chi connectivity index (χ3v) is 2.20. The summed E-state index contributed by atoms with van der Waals surface area (Å²) in [6.07, 6.45) is 3.17. The second-order valence-electron chi connectivity index (χ2n) is 4.08. The smallest absolute Gasteiger partial charge is 0.341 e. The fourth-order valence-electron chi connectivity index (χ4n) is 1.37. The minimum Gasteiger partial charge on any atom is -0.462 e. The predicted molar refractivity (Wildman–Crippen MR) is 72.0 cm³/mol. The van der Waals surface area contributed by atoms with Gasteiger partial charge in [-0.3, -0.25) is 4.79 Å². The zero-order valence-corrected chi connectivity index (χ0v) is 11.7. The van der Waals surface area contributed by atoms with Gasteiger partial charge in [0.25, 0.3) is 0 Å². The van der Waals surface area contributed by atoms with E-state index >= 15 is 0 Å². The van der Waals surface area contributed by atoms with E-state index < -0.39 is 5.97 Å². The second-order valence-corrected chi connectivity index (χ2v) is 4.08. The van der Waals surface area contributed by atoms with Crippen LogP contribution >= 0.6 is 0 Å². The Hall–Kier alpha value is -1.84. The van der Waals surface area contributed by atoms with Crippen molar-refractivity contribution in [2.24, 2.45) is 0 Å². The van der Waals surface area contributed by atoms with Crippen LogP contribution in [0.2, 0.25) is 0 Å². The summed E-state index contributed by atoms with van der Waals surface area (Å²) in [4.78, 5) is 24.8.